The van der Waals surface area contributed by atoms with Crippen LogP contribution in [0.15, 0.2) is 24.3 Å². The largest absolute Gasteiger partial charge is 0.492 e. The summed E-state index contributed by atoms with van der Waals surface area (Å²) in [7, 11) is 0. The zero-order valence-electron chi connectivity index (χ0n) is 10.2. The Labute approximate surface area is 101 Å². The minimum atomic E-state index is -0.380. The second-order valence-corrected chi connectivity index (χ2v) is 4.98. The highest BCUT2D eigenvalue weighted by Crippen LogP contribution is 2.33. The van der Waals surface area contributed by atoms with Crippen molar-refractivity contribution in [2.75, 3.05) is 13.2 Å². The van der Waals surface area contributed by atoms with Gasteiger partial charge in [-0.1, -0.05) is 18.2 Å². The number of hydrogen-bond acceptors (Lipinski definition) is 3. The molecule has 0 saturated carbocycles. The summed E-state index contributed by atoms with van der Waals surface area (Å²) in [6.45, 7) is 4.64. The molecule has 1 aliphatic rings. The average molecular weight is 234 g/mol. The minimum Gasteiger partial charge on any atom is -0.492 e. The number of fused-ring (bicyclic) bond motifs is 1. The Morgan fingerprint density at radius 3 is 2.94 bits per heavy atom. The summed E-state index contributed by atoms with van der Waals surface area (Å²) in [5, 5.41) is 2.94. The highest BCUT2D eigenvalue weighted by Gasteiger charge is 2.32. The third-order valence-electron chi connectivity index (χ3n) is 2.99. The van der Waals surface area contributed by atoms with Gasteiger partial charge in [0.05, 0.1) is 0 Å². The molecule has 17 heavy (non-hydrogen) atoms. The molecule has 1 aromatic rings. The van der Waals surface area contributed by atoms with Gasteiger partial charge in [0, 0.05) is 17.6 Å². The van der Waals surface area contributed by atoms with E-state index in [9.17, 15) is 4.79 Å². The molecule has 3 N–H and O–H groups in total. The summed E-state index contributed by atoms with van der Waals surface area (Å²) < 4.78 is 5.49. The third-order valence-corrected chi connectivity index (χ3v) is 2.99. The summed E-state index contributed by atoms with van der Waals surface area (Å²) in [6, 6.07) is 7.64. The van der Waals surface area contributed by atoms with Crippen molar-refractivity contribution in [1.29, 1.82) is 0 Å². The number of hydrogen-bond donors (Lipinski definition) is 2. The Bertz CT molecular complexity index is 429. The van der Waals surface area contributed by atoms with E-state index in [-0.39, 0.29) is 17.4 Å². The van der Waals surface area contributed by atoms with Crippen molar-refractivity contribution in [1.82, 2.24) is 5.32 Å². The van der Waals surface area contributed by atoms with Gasteiger partial charge in [-0.2, -0.15) is 0 Å². The second kappa shape index (κ2) is 4.37. The molecule has 1 unspecified atom stereocenters. The molecule has 0 saturated heterocycles. The van der Waals surface area contributed by atoms with E-state index < -0.39 is 0 Å². The first-order valence-electron chi connectivity index (χ1n) is 5.77. The topological polar surface area (TPSA) is 64.3 Å². The predicted molar refractivity (Wildman–Crippen MR) is 66.0 cm³/mol. The molecule has 92 valence electrons. The first-order chi connectivity index (χ1) is 8.03. The molecule has 0 bridgehead atoms. The highest BCUT2D eigenvalue weighted by atomic mass is 16.5. The Hall–Kier alpha value is -1.55. The molecule has 1 heterocycles. The van der Waals surface area contributed by atoms with E-state index >= 15 is 0 Å². The number of rotatable bonds is 3. The second-order valence-electron chi connectivity index (χ2n) is 4.98. The lowest BCUT2D eigenvalue weighted by atomic mass is 9.98. The van der Waals surface area contributed by atoms with Crippen molar-refractivity contribution in [3.63, 3.8) is 0 Å². The van der Waals surface area contributed by atoms with Crippen LogP contribution in [0.3, 0.4) is 0 Å². The molecular weight excluding hydrogens is 216 g/mol. The Morgan fingerprint density at radius 2 is 2.24 bits per heavy atom. The molecule has 0 spiro atoms. The fourth-order valence-electron chi connectivity index (χ4n) is 1.85. The molecule has 0 aliphatic carbocycles. The van der Waals surface area contributed by atoms with Gasteiger partial charge in [-0.15, -0.1) is 0 Å². The molecule has 0 aromatic heterocycles. The van der Waals surface area contributed by atoms with Crippen molar-refractivity contribution < 1.29 is 9.53 Å². The first kappa shape index (κ1) is 11.9. The zero-order chi connectivity index (χ0) is 12.5. The van der Waals surface area contributed by atoms with Crippen LogP contribution < -0.4 is 15.8 Å². The molecule has 1 aliphatic heterocycles. The maximum absolute atomic E-state index is 12.1. The lowest BCUT2D eigenvalue weighted by Crippen LogP contribution is -2.50. The summed E-state index contributed by atoms with van der Waals surface area (Å²) >= 11 is 0. The maximum atomic E-state index is 12.1. The van der Waals surface area contributed by atoms with Crippen molar-refractivity contribution in [3.05, 3.63) is 29.8 Å². The smallest absolute Gasteiger partial charge is 0.231 e. The van der Waals surface area contributed by atoms with E-state index in [2.05, 4.69) is 5.32 Å². The molecule has 1 aromatic carbocycles. The van der Waals surface area contributed by atoms with Crippen molar-refractivity contribution in [3.8, 4) is 5.75 Å². The van der Waals surface area contributed by atoms with E-state index in [4.69, 9.17) is 10.5 Å². The average Bonchev–Trinajstić information content (AvgIpc) is 2.72. The number of nitrogens with one attached hydrogen (secondary N) is 1. The van der Waals surface area contributed by atoms with Gasteiger partial charge in [-0.05, 0) is 19.9 Å². The molecule has 1 atom stereocenters. The summed E-state index contributed by atoms with van der Waals surface area (Å²) in [6.07, 6.45) is 0. The van der Waals surface area contributed by atoms with E-state index in [1.54, 1.807) is 0 Å². The molecule has 4 nitrogen and oxygen atoms in total. The molecular formula is C13H18N2O2. The number of amides is 1. The monoisotopic (exact) mass is 234 g/mol. The lowest BCUT2D eigenvalue weighted by molar-refractivity contribution is -0.124. The minimum absolute atomic E-state index is 0.0228. The Balaban J connectivity index is 2.13. The Kier molecular flexibility index (Phi) is 3.07. The highest BCUT2D eigenvalue weighted by molar-refractivity contribution is 5.86. The predicted octanol–water partition coefficient (Wildman–Crippen LogP) is 1.02. The van der Waals surface area contributed by atoms with Crippen LogP contribution in [0.1, 0.15) is 25.3 Å². The fourth-order valence-corrected chi connectivity index (χ4v) is 1.85. The van der Waals surface area contributed by atoms with Crippen LogP contribution in [0.4, 0.5) is 0 Å². The van der Waals surface area contributed by atoms with Crippen LogP contribution in [-0.2, 0) is 4.79 Å². The van der Waals surface area contributed by atoms with Crippen molar-refractivity contribution in [2.45, 2.75) is 25.3 Å². The van der Waals surface area contributed by atoms with Crippen LogP contribution in [0.2, 0.25) is 0 Å². The van der Waals surface area contributed by atoms with Crippen molar-refractivity contribution in [2.24, 2.45) is 5.73 Å². The fraction of sp³-hybridized carbons (Fsp3) is 0.462. The van der Waals surface area contributed by atoms with E-state index in [0.29, 0.717) is 13.2 Å². The van der Waals surface area contributed by atoms with Crippen LogP contribution in [-0.4, -0.2) is 24.6 Å². The van der Waals surface area contributed by atoms with Crippen LogP contribution in [0, 0.1) is 0 Å². The van der Waals surface area contributed by atoms with E-state index in [1.165, 1.54) is 0 Å². The third kappa shape index (κ3) is 2.42. The van der Waals surface area contributed by atoms with Gasteiger partial charge in [0.1, 0.15) is 18.3 Å². The van der Waals surface area contributed by atoms with Gasteiger partial charge in [0.25, 0.3) is 0 Å². The zero-order valence-corrected chi connectivity index (χ0v) is 10.2. The molecule has 2 rings (SSSR count). The molecule has 0 radical (unpaired) electrons. The van der Waals surface area contributed by atoms with Gasteiger partial charge in [-0.25, -0.2) is 0 Å². The lowest BCUT2D eigenvalue weighted by Gasteiger charge is -2.25. The quantitative estimate of drug-likeness (QED) is 0.820. The van der Waals surface area contributed by atoms with Crippen LogP contribution >= 0.6 is 0 Å². The first-order valence-corrected chi connectivity index (χ1v) is 5.77. The molecule has 0 fully saturated rings. The Morgan fingerprint density at radius 1 is 1.53 bits per heavy atom. The van der Waals surface area contributed by atoms with Crippen LogP contribution in [0.25, 0.3) is 0 Å². The summed E-state index contributed by atoms with van der Waals surface area (Å²) in [5.74, 6) is 0.556. The number of para-hydroxylation sites is 1. The van der Waals surface area contributed by atoms with Gasteiger partial charge in [-0.3, -0.25) is 4.79 Å². The molecule has 4 heteroatoms. The van der Waals surface area contributed by atoms with Gasteiger partial charge in [0.2, 0.25) is 5.91 Å². The van der Waals surface area contributed by atoms with Gasteiger partial charge >= 0.3 is 0 Å². The number of carbonyl (C=O) groups is 1. The SMILES string of the molecule is CC(C)(CN)NC(=O)C1COc2ccccc21. The number of benzene rings is 1. The van der Waals surface area contributed by atoms with E-state index in [1.807, 2.05) is 38.1 Å². The standard InChI is InChI=1S/C13H18N2O2/c1-13(2,8-14)15-12(16)10-7-17-11-6-4-3-5-9(10)11/h3-6,10H,7-8,14H2,1-2H3,(H,15,16). The summed E-state index contributed by atoms with van der Waals surface area (Å²) in [5.41, 5.74) is 6.18. The van der Waals surface area contributed by atoms with Crippen LogP contribution in [0.5, 0.6) is 5.75 Å². The number of nitrogens with two attached hydrogens (primary N) is 1. The number of ether oxygens (including phenoxy) is 1. The normalized spacial score (nSPS) is 18.4. The molecule has 1 amide bonds. The number of carbonyl (C=O) groups excluding carboxylic acids is 1. The summed E-state index contributed by atoms with van der Waals surface area (Å²) in [4.78, 5) is 12.1. The van der Waals surface area contributed by atoms with Crippen molar-refractivity contribution >= 4 is 5.91 Å². The van der Waals surface area contributed by atoms with E-state index in [0.717, 1.165) is 11.3 Å². The van der Waals surface area contributed by atoms with Gasteiger partial charge < -0.3 is 15.8 Å². The maximum Gasteiger partial charge on any atom is 0.231 e. The van der Waals surface area contributed by atoms with Gasteiger partial charge in [0.15, 0.2) is 0 Å².